The predicted molar refractivity (Wildman–Crippen MR) is 98.1 cm³/mol. The zero-order chi connectivity index (χ0) is 18.2. The fourth-order valence-corrected chi connectivity index (χ4v) is 2.68. The lowest BCUT2D eigenvalue weighted by atomic mass is 10.1. The predicted octanol–water partition coefficient (Wildman–Crippen LogP) is 2.64. The molecule has 132 valence electrons. The number of nitrogens with one attached hydrogen (secondary N) is 2. The Labute approximate surface area is 150 Å². The Morgan fingerprint density at radius 3 is 2.00 bits per heavy atom. The van der Waals surface area contributed by atoms with Gasteiger partial charge in [0.05, 0.1) is 14.2 Å². The highest BCUT2D eigenvalue weighted by Gasteiger charge is 2.12. The SMILES string of the molecule is COc1ccc(C(=O)NNC(=O)c2ccc(CSC)cc2)cc1OC. The molecular formula is C18H20N2O4S. The Morgan fingerprint density at radius 2 is 1.44 bits per heavy atom. The molecule has 0 aliphatic heterocycles. The molecular weight excluding hydrogens is 340 g/mol. The molecule has 0 heterocycles. The van der Waals surface area contributed by atoms with Crippen LogP contribution in [-0.2, 0) is 5.75 Å². The topological polar surface area (TPSA) is 76.7 Å². The number of rotatable bonds is 6. The summed E-state index contributed by atoms with van der Waals surface area (Å²) in [6.07, 6.45) is 2.02. The van der Waals surface area contributed by atoms with Gasteiger partial charge in [-0.2, -0.15) is 11.8 Å². The Kier molecular flexibility index (Phi) is 6.71. The number of hydrogen-bond acceptors (Lipinski definition) is 5. The molecule has 2 amide bonds. The van der Waals surface area contributed by atoms with E-state index in [2.05, 4.69) is 10.9 Å². The van der Waals surface area contributed by atoms with Gasteiger partial charge in [-0.25, -0.2) is 0 Å². The zero-order valence-electron chi connectivity index (χ0n) is 14.3. The Morgan fingerprint density at radius 1 is 0.880 bits per heavy atom. The normalized spacial score (nSPS) is 10.0. The second-order valence-corrected chi connectivity index (χ2v) is 5.97. The van der Waals surface area contributed by atoms with E-state index < -0.39 is 5.91 Å². The number of methoxy groups -OCH3 is 2. The van der Waals surface area contributed by atoms with Gasteiger partial charge in [-0.05, 0) is 42.2 Å². The van der Waals surface area contributed by atoms with Crippen molar-refractivity contribution in [2.45, 2.75) is 5.75 Å². The zero-order valence-corrected chi connectivity index (χ0v) is 15.1. The first-order valence-corrected chi connectivity index (χ1v) is 8.89. The molecule has 2 rings (SSSR count). The lowest BCUT2D eigenvalue weighted by Crippen LogP contribution is -2.41. The van der Waals surface area contributed by atoms with Crippen molar-refractivity contribution in [2.75, 3.05) is 20.5 Å². The molecule has 0 bridgehead atoms. The molecule has 0 fully saturated rings. The molecule has 0 aliphatic carbocycles. The van der Waals surface area contributed by atoms with Gasteiger partial charge < -0.3 is 9.47 Å². The largest absolute Gasteiger partial charge is 0.493 e. The second kappa shape index (κ2) is 8.98. The highest BCUT2D eigenvalue weighted by molar-refractivity contribution is 7.97. The summed E-state index contributed by atoms with van der Waals surface area (Å²) in [4.78, 5) is 24.3. The molecule has 0 radical (unpaired) electrons. The van der Waals surface area contributed by atoms with E-state index in [0.717, 1.165) is 11.3 Å². The Bertz CT molecular complexity index is 747. The number of carbonyl (C=O) groups excluding carboxylic acids is 2. The third-order valence-electron chi connectivity index (χ3n) is 3.46. The van der Waals surface area contributed by atoms with Gasteiger partial charge >= 0.3 is 0 Å². The fraction of sp³-hybridized carbons (Fsp3) is 0.222. The van der Waals surface area contributed by atoms with Crippen LogP contribution in [0.1, 0.15) is 26.3 Å². The quantitative estimate of drug-likeness (QED) is 0.775. The van der Waals surface area contributed by atoms with Crippen molar-refractivity contribution < 1.29 is 19.1 Å². The maximum Gasteiger partial charge on any atom is 0.269 e. The van der Waals surface area contributed by atoms with E-state index in [9.17, 15) is 9.59 Å². The molecule has 0 atom stereocenters. The molecule has 0 aromatic heterocycles. The standard InChI is InChI=1S/C18H20N2O4S/c1-23-15-9-8-14(10-16(15)24-2)18(22)20-19-17(21)13-6-4-12(5-7-13)11-25-3/h4-10H,11H2,1-3H3,(H,19,21)(H,20,22). The Hall–Kier alpha value is -2.67. The molecule has 0 saturated carbocycles. The van der Waals surface area contributed by atoms with Gasteiger partial charge in [-0.3, -0.25) is 20.4 Å². The van der Waals surface area contributed by atoms with E-state index in [4.69, 9.17) is 9.47 Å². The number of thioether (sulfide) groups is 1. The molecule has 6 nitrogen and oxygen atoms in total. The van der Waals surface area contributed by atoms with E-state index in [0.29, 0.717) is 22.6 Å². The van der Waals surface area contributed by atoms with Crippen LogP contribution in [0.25, 0.3) is 0 Å². The first-order valence-electron chi connectivity index (χ1n) is 7.49. The van der Waals surface area contributed by atoms with Crippen molar-refractivity contribution in [1.82, 2.24) is 10.9 Å². The smallest absolute Gasteiger partial charge is 0.269 e. The van der Waals surface area contributed by atoms with Crippen LogP contribution >= 0.6 is 11.8 Å². The van der Waals surface area contributed by atoms with Crippen molar-refractivity contribution in [3.05, 3.63) is 59.2 Å². The van der Waals surface area contributed by atoms with Crippen LogP contribution in [0.15, 0.2) is 42.5 Å². The summed E-state index contributed by atoms with van der Waals surface area (Å²) in [5, 5.41) is 0. The summed E-state index contributed by atoms with van der Waals surface area (Å²) in [6, 6.07) is 12.0. The molecule has 2 N–H and O–H groups in total. The third kappa shape index (κ3) is 4.90. The minimum atomic E-state index is -0.451. The molecule has 0 spiro atoms. The first-order chi connectivity index (χ1) is 12.1. The average Bonchev–Trinajstić information content (AvgIpc) is 2.66. The van der Waals surface area contributed by atoms with Crippen molar-refractivity contribution in [2.24, 2.45) is 0 Å². The van der Waals surface area contributed by atoms with E-state index >= 15 is 0 Å². The van der Waals surface area contributed by atoms with Gasteiger partial charge in [0.15, 0.2) is 11.5 Å². The van der Waals surface area contributed by atoms with Crippen LogP contribution < -0.4 is 20.3 Å². The first kappa shape index (κ1) is 18.7. The third-order valence-corrected chi connectivity index (χ3v) is 4.08. The summed E-state index contributed by atoms with van der Waals surface area (Å²) in [5.41, 5.74) is 6.73. The number of ether oxygens (including phenoxy) is 2. The molecule has 7 heteroatoms. The van der Waals surface area contributed by atoms with E-state index in [1.807, 2.05) is 18.4 Å². The molecule has 0 aliphatic rings. The second-order valence-electron chi connectivity index (χ2n) is 5.11. The molecule has 25 heavy (non-hydrogen) atoms. The summed E-state index contributed by atoms with van der Waals surface area (Å²) in [7, 11) is 3.00. The summed E-state index contributed by atoms with van der Waals surface area (Å²) in [5.74, 6) is 1.01. The number of carbonyl (C=O) groups is 2. The molecule has 2 aromatic rings. The number of amides is 2. The molecule has 0 unspecified atom stereocenters. The lowest BCUT2D eigenvalue weighted by molar-refractivity contribution is 0.0846. The monoisotopic (exact) mass is 360 g/mol. The fourth-order valence-electron chi connectivity index (χ4n) is 2.15. The Balaban J connectivity index is 1.98. The highest BCUT2D eigenvalue weighted by Crippen LogP contribution is 2.27. The van der Waals surface area contributed by atoms with E-state index in [-0.39, 0.29) is 5.91 Å². The molecule has 0 saturated heterocycles. The van der Waals surface area contributed by atoms with Crippen LogP contribution in [0.3, 0.4) is 0 Å². The van der Waals surface area contributed by atoms with Gasteiger partial charge in [0, 0.05) is 16.9 Å². The van der Waals surface area contributed by atoms with Gasteiger partial charge in [-0.15, -0.1) is 0 Å². The summed E-state index contributed by atoms with van der Waals surface area (Å²) >= 11 is 1.71. The number of hydrogen-bond donors (Lipinski definition) is 2. The van der Waals surface area contributed by atoms with Crippen LogP contribution in [0, 0.1) is 0 Å². The molecule has 2 aromatic carbocycles. The summed E-state index contributed by atoms with van der Waals surface area (Å²) in [6.45, 7) is 0. The number of benzene rings is 2. The van der Waals surface area contributed by atoms with E-state index in [1.165, 1.54) is 20.3 Å². The number of hydrazine groups is 1. The van der Waals surface area contributed by atoms with E-state index in [1.54, 1.807) is 36.0 Å². The lowest BCUT2D eigenvalue weighted by Gasteiger charge is -2.11. The maximum atomic E-state index is 12.2. The van der Waals surface area contributed by atoms with Gasteiger partial charge in [0.25, 0.3) is 11.8 Å². The van der Waals surface area contributed by atoms with Gasteiger partial charge in [-0.1, -0.05) is 12.1 Å². The van der Waals surface area contributed by atoms with Crippen LogP contribution in [0.5, 0.6) is 11.5 Å². The van der Waals surface area contributed by atoms with Crippen molar-refractivity contribution in [3.8, 4) is 11.5 Å². The van der Waals surface area contributed by atoms with Crippen LogP contribution in [-0.4, -0.2) is 32.3 Å². The summed E-state index contributed by atoms with van der Waals surface area (Å²) < 4.78 is 10.3. The minimum absolute atomic E-state index is 0.341. The van der Waals surface area contributed by atoms with Gasteiger partial charge in [0.2, 0.25) is 0 Å². The maximum absolute atomic E-state index is 12.2. The van der Waals surface area contributed by atoms with Crippen LogP contribution in [0.2, 0.25) is 0 Å². The van der Waals surface area contributed by atoms with Gasteiger partial charge in [0.1, 0.15) is 0 Å². The van der Waals surface area contributed by atoms with Crippen molar-refractivity contribution in [1.29, 1.82) is 0 Å². The minimum Gasteiger partial charge on any atom is -0.493 e. The average molecular weight is 360 g/mol. The highest BCUT2D eigenvalue weighted by atomic mass is 32.2. The van der Waals surface area contributed by atoms with Crippen molar-refractivity contribution >= 4 is 23.6 Å². The van der Waals surface area contributed by atoms with Crippen LogP contribution in [0.4, 0.5) is 0 Å². The van der Waals surface area contributed by atoms with Crippen molar-refractivity contribution in [3.63, 3.8) is 0 Å².